The summed E-state index contributed by atoms with van der Waals surface area (Å²) in [7, 11) is 0. The van der Waals surface area contributed by atoms with Crippen LogP contribution >= 0.6 is 0 Å². The van der Waals surface area contributed by atoms with Gasteiger partial charge in [0, 0.05) is 0 Å². The lowest BCUT2D eigenvalue weighted by Crippen LogP contribution is -2.05. The standard InChI is InChI=1S/C7H14O/c1-4-6-8-7(3)5-2/h4,7H,1,5-6H2,2-3H3. The van der Waals surface area contributed by atoms with Crippen molar-refractivity contribution in [3.05, 3.63) is 12.7 Å². The van der Waals surface area contributed by atoms with Crippen LogP contribution in [0.25, 0.3) is 0 Å². The van der Waals surface area contributed by atoms with Crippen molar-refractivity contribution in [1.29, 1.82) is 0 Å². The smallest absolute Gasteiger partial charge is 0.0648 e. The van der Waals surface area contributed by atoms with Gasteiger partial charge in [-0.3, -0.25) is 0 Å². The second-order valence-corrected chi connectivity index (χ2v) is 1.84. The van der Waals surface area contributed by atoms with Gasteiger partial charge in [0.15, 0.2) is 0 Å². The van der Waals surface area contributed by atoms with Gasteiger partial charge in [0.1, 0.15) is 0 Å². The first-order valence-electron chi connectivity index (χ1n) is 3.03. The predicted octanol–water partition coefficient (Wildman–Crippen LogP) is 1.99. The van der Waals surface area contributed by atoms with E-state index in [0.717, 1.165) is 6.42 Å². The van der Waals surface area contributed by atoms with Crippen molar-refractivity contribution in [2.24, 2.45) is 0 Å². The Kier molecular flexibility index (Phi) is 4.67. The molecule has 0 spiro atoms. The monoisotopic (exact) mass is 114 g/mol. The van der Waals surface area contributed by atoms with Crippen molar-refractivity contribution in [1.82, 2.24) is 0 Å². The molecule has 0 saturated carbocycles. The van der Waals surface area contributed by atoms with Crippen molar-refractivity contribution >= 4 is 0 Å². The molecule has 0 aliphatic rings. The second kappa shape index (κ2) is 4.85. The molecule has 0 aliphatic heterocycles. The third-order valence-corrected chi connectivity index (χ3v) is 1.07. The van der Waals surface area contributed by atoms with Crippen molar-refractivity contribution < 1.29 is 4.74 Å². The summed E-state index contributed by atoms with van der Waals surface area (Å²) in [5, 5.41) is 0. The Morgan fingerprint density at radius 1 is 1.75 bits per heavy atom. The number of hydrogen-bond acceptors (Lipinski definition) is 1. The summed E-state index contributed by atoms with van der Waals surface area (Å²) in [6.07, 6.45) is 3.23. The summed E-state index contributed by atoms with van der Waals surface area (Å²) >= 11 is 0. The molecule has 0 aromatic carbocycles. The fourth-order valence-corrected chi connectivity index (χ4v) is 0.350. The predicted molar refractivity (Wildman–Crippen MR) is 35.9 cm³/mol. The Bertz CT molecular complexity index is 59.4. The molecule has 8 heavy (non-hydrogen) atoms. The van der Waals surface area contributed by atoms with Crippen LogP contribution in [-0.2, 0) is 4.74 Å². The first-order valence-corrected chi connectivity index (χ1v) is 3.03. The molecular weight excluding hydrogens is 100 g/mol. The zero-order chi connectivity index (χ0) is 6.41. The van der Waals surface area contributed by atoms with Crippen LogP contribution < -0.4 is 0 Å². The number of ether oxygens (including phenoxy) is 1. The van der Waals surface area contributed by atoms with Crippen LogP contribution in [0.15, 0.2) is 12.7 Å². The number of rotatable bonds is 4. The van der Waals surface area contributed by atoms with Gasteiger partial charge in [0.25, 0.3) is 0 Å². The highest BCUT2D eigenvalue weighted by molar-refractivity contribution is 4.64. The molecule has 0 aromatic heterocycles. The van der Waals surface area contributed by atoms with Crippen molar-refractivity contribution in [2.75, 3.05) is 6.61 Å². The van der Waals surface area contributed by atoms with Gasteiger partial charge in [-0.1, -0.05) is 13.0 Å². The van der Waals surface area contributed by atoms with Gasteiger partial charge in [-0.2, -0.15) is 0 Å². The van der Waals surface area contributed by atoms with E-state index < -0.39 is 0 Å². The maximum absolute atomic E-state index is 5.22. The summed E-state index contributed by atoms with van der Waals surface area (Å²) in [4.78, 5) is 0. The lowest BCUT2D eigenvalue weighted by molar-refractivity contribution is 0.0858. The van der Waals surface area contributed by atoms with Gasteiger partial charge < -0.3 is 4.74 Å². The summed E-state index contributed by atoms with van der Waals surface area (Å²) in [6, 6.07) is 0. The fourth-order valence-electron chi connectivity index (χ4n) is 0.350. The summed E-state index contributed by atoms with van der Waals surface area (Å²) < 4.78 is 5.22. The lowest BCUT2D eigenvalue weighted by atomic mass is 10.3. The fraction of sp³-hybridized carbons (Fsp3) is 0.714. The van der Waals surface area contributed by atoms with E-state index in [-0.39, 0.29) is 0 Å². The average molecular weight is 114 g/mol. The van der Waals surface area contributed by atoms with Crippen molar-refractivity contribution in [3.8, 4) is 0 Å². The van der Waals surface area contributed by atoms with Crippen LogP contribution in [0.4, 0.5) is 0 Å². The van der Waals surface area contributed by atoms with Crippen LogP contribution in [0, 0.1) is 0 Å². The third kappa shape index (κ3) is 3.88. The summed E-state index contributed by atoms with van der Waals surface area (Å²) in [6.45, 7) is 8.38. The van der Waals surface area contributed by atoms with Gasteiger partial charge in [0.05, 0.1) is 12.7 Å². The molecule has 0 rings (SSSR count). The molecule has 1 atom stereocenters. The average Bonchev–Trinajstić information content (AvgIpc) is 1.83. The molecule has 1 heteroatoms. The molecule has 48 valence electrons. The van der Waals surface area contributed by atoms with Crippen molar-refractivity contribution in [2.45, 2.75) is 26.4 Å². The van der Waals surface area contributed by atoms with E-state index >= 15 is 0 Å². The van der Waals surface area contributed by atoms with Crippen molar-refractivity contribution in [3.63, 3.8) is 0 Å². The molecular formula is C7H14O. The third-order valence-electron chi connectivity index (χ3n) is 1.07. The Hall–Kier alpha value is -0.300. The minimum absolute atomic E-state index is 0.382. The van der Waals surface area contributed by atoms with E-state index in [0.29, 0.717) is 12.7 Å². The molecule has 1 nitrogen and oxygen atoms in total. The molecule has 1 unspecified atom stereocenters. The zero-order valence-electron chi connectivity index (χ0n) is 5.68. The molecule has 0 amide bonds. The maximum Gasteiger partial charge on any atom is 0.0648 e. The van der Waals surface area contributed by atoms with E-state index in [1.807, 2.05) is 0 Å². The molecule has 0 N–H and O–H groups in total. The largest absolute Gasteiger partial charge is 0.374 e. The summed E-state index contributed by atoms with van der Waals surface area (Å²) in [5.74, 6) is 0. The molecule has 0 heterocycles. The van der Waals surface area contributed by atoms with Crippen LogP contribution in [0.2, 0.25) is 0 Å². The van der Waals surface area contributed by atoms with Crippen LogP contribution in [0.1, 0.15) is 20.3 Å². The minimum atomic E-state index is 0.382. The first-order chi connectivity index (χ1) is 3.81. The maximum atomic E-state index is 5.22. The van der Waals surface area contributed by atoms with E-state index in [4.69, 9.17) is 4.74 Å². The van der Waals surface area contributed by atoms with Crippen LogP contribution in [-0.4, -0.2) is 12.7 Å². The number of hydrogen-bond donors (Lipinski definition) is 0. The molecule has 0 fully saturated rings. The van der Waals surface area contributed by atoms with Crippen LogP contribution in [0.3, 0.4) is 0 Å². The van der Waals surface area contributed by atoms with Gasteiger partial charge >= 0.3 is 0 Å². The Morgan fingerprint density at radius 3 is 2.75 bits per heavy atom. The Balaban J connectivity index is 2.97. The first kappa shape index (κ1) is 7.70. The van der Waals surface area contributed by atoms with E-state index in [1.54, 1.807) is 6.08 Å². The SMILES string of the molecule is C=CCOC(C)CC. The quantitative estimate of drug-likeness (QED) is 0.508. The normalized spacial score (nSPS) is 13.2. The summed E-state index contributed by atoms with van der Waals surface area (Å²) in [5.41, 5.74) is 0. The lowest BCUT2D eigenvalue weighted by Gasteiger charge is -2.06. The zero-order valence-corrected chi connectivity index (χ0v) is 5.68. The van der Waals surface area contributed by atoms with Gasteiger partial charge in [-0.25, -0.2) is 0 Å². The highest BCUT2D eigenvalue weighted by Crippen LogP contribution is 1.93. The molecule has 0 aliphatic carbocycles. The van der Waals surface area contributed by atoms with Crippen LogP contribution in [0.5, 0.6) is 0 Å². The second-order valence-electron chi connectivity index (χ2n) is 1.84. The minimum Gasteiger partial charge on any atom is -0.374 e. The van der Waals surface area contributed by atoms with E-state index in [9.17, 15) is 0 Å². The molecule has 0 saturated heterocycles. The van der Waals surface area contributed by atoms with Gasteiger partial charge in [-0.05, 0) is 13.3 Å². The van der Waals surface area contributed by atoms with Gasteiger partial charge in [0.2, 0.25) is 0 Å². The Morgan fingerprint density at radius 2 is 2.38 bits per heavy atom. The topological polar surface area (TPSA) is 9.23 Å². The van der Waals surface area contributed by atoms with Gasteiger partial charge in [-0.15, -0.1) is 6.58 Å². The Labute approximate surface area is 51.4 Å². The highest BCUT2D eigenvalue weighted by Gasteiger charge is 1.92. The highest BCUT2D eigenvalue weighted by atomic mass is 16.5. The van der Waals surface area contributed by atoms with E-state index in [2.05, 4.69) is 20.4 Å². The molecule has 0 radical (unpaired) electrons. The molecule has 0 aromatic rings. The molecule has 0 bridgehead atoms. The van der Waals surface area contributed by atoms with E-state index in [1.165, 1.54) is 0 Å².